The summed E-state index contributed by atoms with van der Waals surface area (Å²) in [6.07, 6.45) is 3.90. The highest BCUT2D eigenvalue weighted by molar-refractivity contribution is 7.93. The van der Waals surface area contributed by atoms with E-state index >= 15 is 0 Å². The third kappa shape index (κ3) is 2.72. The fourth-order valence-electron chi connectivity index (χ4n) is 3.71. The molecule has 8 heteroatoms. The lowest BCUT2D eigenvalue weighted by Crippen LogP contribution is -2.67. The van der Waals surface area contributed by atoms with Gasteiger partial charge in [-0.1, -0.05) is 0 Å². The summed E-state index contributed by atoms with van der Waals surface area (Å²) in [7, 11) is -3.08. The Bertz CT molecular complexity index is 787. The first-order valence-electron chi connectivity index (χ1n) is 7.95. The first kappa shape index (κ1) is 16.0. The Morgan fingerprint density at radius 3 is 2.83 bits per heavy atom. The van der Waals surface area contributed by atoms with Crippen molar-refractivity contribution in [2.45, 2.75) is 17.7 Å². The molecular formula is C16H19N3O3S2. The van der Waals surface area contributed by atoms with Crippen LogP contribution in [0.15, 0.2) is 35.3 Å². The van der Waals surface area contributed by atoms with Crippen molar-refractivity contribution >= 4 is 21.2 Å². The molecule has 0 N–H and O–H groups in total. The second-order valence-corrected chi connectivity index (χ2v) is 9.72. The maximum absolute atomic E-state index is 12.6. The van der Waals surface area contributed by atoms with Gasteiger partial charge in [0, 0.05) is 37.9 Å². The van der Waals surface area contributed by atoms with Gasteiger partial charge in [-0.3, -0.25) is 4.90 Å². The van der Waals surface area contributed by atoms with Gasteiger partial charge < -0.3 is 4.74 Å². The molecule has 2 aromatic rings. The highest BCUT2D eigenvalue weighted by Gasteiger charge is 2.61. The predicted octanol–water partition coefficient (Wildman–Crippen LogP) is 1.61. The van der Waals surface area contributed by atoms with E-state index in [1.807, 2.05) is 5.38 Å². The standard InChI is InChI=1S/C16H19N3O3S2/c20-24(21)7-3-14(9-22-15-17-4-1-5-18-15)16(24)11-19(12-16)8-13-2-6-23-10-13/h1-2,4-6,10,14H,3,7-9,11-12H2/t14-/m1/s1. The average Bonchev–Trinajstić information content (AvgIpc) is 3.13. The number of likely N-dealkylation sites (tertiary alicyclic amines) is 1. The predicted molar refractivity (Wildman–Crippen MR) is 91.7 cm³/mol. The van der Waals surface area contributed by atoms with Crippen LogP contribution in [0.4, 0.5) is 0 Å². The van der Waals surface area contributed by atoms with Crippen molar-refractivity contribution in [3.63, 3.8) is 0 Å². The van der Waals surface area contributed by atoms with E-state index in [4.69, 9.17) is 4.74 Å². The molecule has 128 valence electrons. The molecule has 0 bridgehead atoms. The van der Waals surface area contributed by atoms with E-state index in [0.717, 1.165) is 6.54 Å². The quantitative estimate of drug-likeness (QED) is 0.802. The first-order valence-corrected chi connectivity index (χ1v) is 10.5. The number of ether oxygens (including phenoxy) is 1. The summed E-state index contributed by atoms with van der Waals surface area (Å²) < 4.78 is 30.2. The van der Waals surface area contributed by atoms with Gasteiger partial charge in [-0.15, -0.1) is 0 Å². The summed E-state index contributed by atoms with van der Waals surface area (Å²) in [5.74, 6) is 0.258. The fraction of sp³-hybridized carbons (Fsp3) is 0.500. The zero-order valence-corrected chi connectivity index (χ0v) is 14.8. The van der Waals surface area contributed by atoms with Gasteiger partial charge in [0.05, 0.1) is 12.4 Å². The van der Waals surface area contributed by atoms with Crippen LogP contribution in [0.5, 0.6) is 6.01 Å². The summed E-state index contributed by atoms with van der Waals surface area (Å²) in [5, 5.41) is 4.16. The number of thiophene rings is 1. The Kier molecular flexibility index (Phi) is 4.06. The van der Waals surface area contributed by atoms with Crippen molar-refractivity contribution < 1.29 is 13.2 Å². The maximum Gasteiger partial charge on any atom is 0.316 e. The van der Waals surface area contributed by atoms with E-state index in [9.17, 15) is 8.42 Å². The lowest BCUT2D eigenvalue weighted by atomic mass is 9.83. The Morgan fingerprint density at radius 2 is 2.12 bits per heavy atom. The Balaban J connectivity index is 1.43. The van der Waals surface area contributed by atoms with E-state index < -0.39 is 14.6 Å². The molecular weight excluding hydrogens is 346 g/mol. The van der Waals surface area contributed by atoms with Crippen LogP contribution in [0, 0.1) is 5.92 Å². The van der Waals surface area contributed by atoms with Crippen molar-refractivity contribution in [3.8, 4) is 6.01 Å². The first-order chi connectivity index (χ1) is 11.6. The number of hydrogen-bond acceptors (Lipinski definition) is 7. The zero-order valence-electron chi connectivity index (χ0n) is 13.2. The number of sulfone groups is 1. The minimum Gasteiger partial charge on any atom is -0.463 e. The molecule has 4 heterocycles. The van der Waals surface area contributed by atoms with Crippen molar-refractivity contribution in [1.29, 1.82) is 0 Å². The topological polar surface area (TPSA) is 72.4 Å². The lowest BCUT2D eigenvalue weighted by molar-refractivity contribution is 0.0573. The maximum atomic E-state index is 12.6. The van der Waals surface area contributed by atoms with E-state index in [-0.39, 0.29) is 11.7 Å². The molecule has 2 aliphatic heterocycles. The van der Waals surface area contributed by atoms with Gasteiger partial charge in [0.25, 0.3) is 0 Å². The molecule has 1 spiro atoms. The van der Waals surface area contributed by atoms with Crippen LogP contribution in [0.1, 0.15) is 12.0 Å². The molecule has 0 amide bonds. The SMILES string of the molecule is O=S1(=O)CC[C@H](COc2ncccn2)C12CN(Cc1ccsc1)C2. The Labute approximate surface area is 145 Å². The van der Waals surface area contributed by atoms with Gasteiger partial charge in [-0.25, -0.2) is 18.4 Å². The summed E-state index contributed by atoms with van der Waals surface area (Å²) in [6, 6.07) is 4.13. The van der Waals surface area contributed by atoms with E-state index in [1.54, 1.807) is 29.8 Å². The molecule has 0 aromatic carbocycles. The molecule has 2 fully saturated rings. The van der Waals surface area contributed by atoms with E-state index in [0.29, 0.717) is 32.1 Å². The van der Waals surface area contributed by atoms with Gasteiger partial charge in [-0.2, -0.15) is 11.3 Å². The zero-order chi connectivity index (χ0) is 16.6. The molecule has 2 aromatic heterocycles. The summed E-state index contributed by atoms with van der Waals surface area (Å²) in [6.45, 7) is 2.36. The molecule has 0 aliphatic carbocycles. The van der Waals surface area contributed by atoms with Crippen LogP contribution < -0.4 is 4.74 Å². The van der Waals surface area contributed by atoms with Crippen molar-refractivity contribution in [2.24, 2.45) is 5.92 Å². The number of hydrogen-bond donors (Lipinski definition) is 0. The molecule has 0 radical (unpaired) electrons. The third-order valence-electron chi connectivity index (χ3n) is 5.02. The Morgan fingerprint density at radius 1 is 1.33 bits per heavy atom. The molecule has 2 saturated heterocycles. The van der Waals surface area contributed by atoms with Crippen molar-refractivity contribution in [3.05, 3.63) is 40.8 Å². The fourth-order valence-corrected chi connectivity index (χ4v) is 6.82. The van der Waals surface area contributed by atoms with E-state index in [1.165, 1.54) is 5.56 Å². The smallest absolute Gasteiger partial charge is 0.316 e. The van der Waals surface area contributed by atoms with Crippen molar-refractivity contribution in [1.82, 2.24) is 14.9 Å². The highest BCUT2D eigenvalue weighted by atomic mass is 32.2. The van der Waals surface area contributed by atoms with Gasteiger partial charge >= 0.3 is 6.01 Å². The number of nitrogens with zero attached hydrogens (tertiary/aromatic N) is 3. The largest absolute Gasteiger partial charge is 0.463 e. The average molecular weight is 365 g/mol. The van der Waals surface area contributed by atoms with Gasteiger partial charge in [0.2, 0.25) is 0 Å². The van der Waals surface area contributed by atoms with Gasteiger partial charge in [0.15, 0.2) is 9.84 Å². The monoisotopic (exact) mass is 365 g/mol. The van der Waals surface area contributed by atoms with Crippen LogP contribution in [0.3, 0.4) is 0 Å². The molecule has 0 saturated carbocycles. The summed E-state index contributed by atoms with van der Waals surface area (Å²) >= 11 is 1.67. The van der Waals surface area contributed by atoms with Gasteiger partial charge in [0.1, 0.15) is 4.75 Å². The van der Waals surface area contributed by atoms with Crippen LogP contribution in [-0.4, -0.2) is 53.5 Å². The molecule has 0 unspecified atom stereocenters. The van der Waals surface area contributed by atoms with E-state index in [2.05, 4.69) is 26.3 Å². The second-order valence-electron chi connectivity index (χ2n) is 6.49. The van der Waals surface area contributed by atoms with Gasteiger partial charge in [-0.05, 0) is 34.9 Å². The number of rotatable bonds is 5. The lowest BCUT2D eigenvalue weighted by Gasteiger charge is -2.49. The molecule has 4 rings (SSSR count). The van der Waals surface area contributed by atoms with Crippen LogP contribution >= 0.6 is 11.3 Å². The minimum atomic E-state index is -3.08. The molecule has 2 aliphatic rings. The van der Waals surface area contributed by atoms with Crippen molar-refractivity contribution in [2.75, 3.05) is 25.4 Å². The second kappa shape index (κ2) is 6.09. The highest BCUT2D eigenvalue weighted by Crippen LogP contribution is 2.45. The summed E-state index contributed by atoms with van der Waals surface area (Å²) in [5.41, 5.74) is 1.25. The van der Waals surface area contributed by atoms with Crippen LogP contribution in [-0.2, 0) is 16.4 Å². The molecule has 6 nitrogen and oxygen atoms in total. The molecule has 24 heavy (non-hydrogen) atoms. The van der Waals surface area contributed by atoms with Crippen LogP contribution in [0.2, 0.25) is 0 Å². The number of aromatic nitrogens is 2. The minimum absolute atomic E-state index is 0.00466. The van der Waals surface area contributed by atoms with Crippen LogP contribution in [0.25, 0.3) is 0 Å². The molecule has 1 atom stereocenters. The Hall–Kier alpha value is -1.51. The normalized spacial score (nSPS) is 24.8. The third-order valence-corrected chi connectivity index (χ3v) is 8.36. The summed E-state index contributed by atoms with van der Waals surface area (Å²) in [4.78, 5) is 10.3.